The van der Waals surface area contributed by atoms with Crippen LogP contribution in [0.1, 0.15) is 97.8 Å². The number of nitrogens with one attached hydrogen (secondary N) is 1. The summed E-state index contributed by atoms with van der Waals surface area (Å²) in [6, 6.07) is 0. The van der Waals surface area contributed by atoms with E-state index in [2.05, 4.69) is 37.5 Å². The lowest BCUT2D eigenvalue weighted by atomic mass is 10.1. The molecule has 1 rings (SSSR count). The fourth-order valence-corrected chi connectivity index (χ4v) is 3.87. The average molecular weight is 352 g/mol. The monoisotopic (exact) mass is 351 g/mol. The molecular formula is C22H43N2O+. The molecule has 0 aromatic rings. The first kappa shape index (κ1) is 22.2. The highest BCUT2D eigenvalue weighted by Gasteiger charge is 2.40. The predicted molar refractivity (Wildman–Crippen MR) is 109 cm³/mol. The van der Waals surface area contributed by atoms with Crippen LogP contribution >= 0.6 is 0 Å². The minimum absolute atomic E-state index is 0.272. The predicted octanol–water partition coefficient (Wildman–Crippen LogP) is 5.82. The lowest BCUT2D eigenvalue weighted by Gasteiger charge is -2.38. The Hall–Kier alpha value is -0.800. The molecular weight excluding hydrogens is 308 g/mol. The van der Waals surface area contributed by atoms with Gasteiger partial charge in [-0.2, -0.15) is 0 Å². The molecule has 3 heteroatoms. The average Bonchev–Trinajstić information content (AvgIpc) is 3.03. The number of unbranched alkanes of at least 4 members (excludes halogenated alkanes) is 10. The van der Waals surface area contributed by atoms with Gasteiger partial charge < -0.3 is 10.4 Å². The smallest absolute Gasteiger partial charge is 0.193 e. The maximum Gasteiger partial charge on any atom is 0.193 e. The summed E-state index contributed by atoms with van der Waals surface area (Å²) in [5, 5.41) is 13.5. The van der Waals surface area contributed by atoms with E-state index in [0.717, 1.165) is 13.0 Å². The Balaban J connectivity index is 2.02. The number of nitrogens with zero attached hydrogens (tertiary/aromatic N) is 1. The van der Waals surface area contributed by atoms with Gasteiger partial charge in [-0.1, -0.05) is 76.9 Å². The van der Waals surface area contributed by atoms with Gasteiger partial charge in [0.2, 0.25) is 0 Å². The van der Waals surface area contributed by atoms with Crippen molar-refractivity contribution < 1.29 is 9.59 Å². The molecule has 3 atom stereocenters. The second kappa shape index (κ2) is 13.4. The zero-order valence-electron chi connectivity index (χ0n) is 17.1. The van der Waals surface area contributed by atoms with Gasteiger partial charge in [-0.25, -0.2) is 0 Å². The zero-order valence-corrected chi connectivity index (χ0v) is 17.1. The Morgan fingerprint density at radius 3 is 2.12 bits per heavy atom. The molecule has 2 N–H and O–H groups in total. The number of aliphatic hydroxyl groups is 1. The topological polar surface area (TPSA) is 32.3 Å². The molecule has 0 fully saturated rings. The van der Waals surface area contributed by atoms with Crippen molar-refractivity contribution in [2.75, 3.05) is 6.54 Å². The first-order valence-corrected chi connectivity index (χ1v) is 10.8. The van der Waals surface area contributed by atoms with Crippen LogP contribution in [0.4, 0.5) is 0 Å². The van der Waals surface area contributed by atoms with E-state index in [1.807, 2.05) is 13.1 Å². The molecule has 1 heterocycles. The highest BCUT2D eigenvalue weighted by Crippen LogP contribution is 2.24. The Morgan fingerprint density at radius 2 is 1.56 bits per heavy atom. The fraction of sp³-hybridized carbons (Fsp3) is 0.818. The Bertz CT molecular complexity index is 378. The molecule has 1 aliphatic heterocycles. The van der Waals surface area contributed by atoms with E-state index in [4.69, 9.17) is 0 Å². The summed E-state index contributed by atoms with van der Waals surface area (Å²) >= 11 is 0. The molecule has 0 aromatic carbocycles. The quantitative estimate of drug-likeness (QED) is 0.221. The largest absolute Gasteiger partial charge is 0.345 e. The van der Waals surface area contributed by atoms with Crippen LogP contribution in [0, 0.1) is 0 Å². The zero-order chi connectivity index (χ0) is 18.4. The number of rotatable bonds is 15. The summed E-state index contributed by atoms with van der Waals surface area (Å²) in [6.07, 6.45) is 24.8. The van der Waals surface area contributed by atoms with Crippen molar-refractivity contribution in [2.45, 2.75) is 110 Å². The van der Waals surface area contributed by atoms with Crippen LogP contribution in [0.3, 0.4) is 0 Å². The third-order valence-electron chi connectivity index (χ3n) is 5.71. The van der Waals surface area contributed by atoms with Gasteiger partial charge in [-0.15, -0.1) is 0 Å². The normalized spacial score (nSPS) is 24.1. The van der Waals surface area contributed by atoms with E-state index in [9.17, 15) is 5.11 Å². The minimum Gasteiger partial charge on any atom is -0.345 e. The van der Waals surface area contributed by atoms with E-state index in [1.165, 1.54) is 70.6 Å². The standard InChI is InChI=1S/C22H43N2O/c1-4-6-7-8-9-10-11-12-13-14-15-16-17-18-22-23-19-20-24(22,5-2)21(3)25/h16-17,19-23,25H,4-15,18H2,1-3H3/q+1/b17-16+. The molecule has 0 aliphatic carbocycles. The third-order valence-corrected chi connectivity index (χ3v) is 5.71. The highest BCUT2D eigenvalue weighted by atomic mass is 16.3. The van der Waals surface area contributed by atoms with Crippen molar-refractivity contribution in [2.24, 2.45) is 0 Å². The lowest BCUT2D eigenvalue weighted by Crippen LogP contribution is -2.57. The molecule has 0 bridgehead atoms. The van der Waals surface area contributed by atoms with Gasteiger partial charge in [0.15, 0.2) is 12.4 Å². The lowest BCUT2D eigenvalue weighted by molar-refractivity contribution is -0.941. The number of quaternary nitrogens is 1. The van der Waals surface area contributed by atoms with Gasteiger partial charge in [-0.3, -0.25) is 4.48 Å². The molecule has 0 saturated heterocycles. The summed E-state index contributed by atoms with van der Waals surface area (Å²) in [5.74, 6) is 0. The van der Waals surface area contributed by atoms with Crippen LogP contribution in [0.2, 0.25) is 0 Å². The van der Waals surface area contributed by atoms with Crippen LogP contribution in [-0.4, -0.2) is 28.5 Å². The summed E-state index contributed by atoms with van der Waals surface area (Å²) in [6.45, 7) is 7.23. The molecule has 0 spiro atoms. The van der Waals surface area contributed by atoms with Crippen LogP contribution in [-0.2, 0) is 0 Å². The molecule has 146 valence electrons. The molecule has 0 aromatic heterocycles. The van der Waals surface area contributed by atoms with Crippen LogP contribution < -0.4 is 5.32 Å². The third kappa shape index (κ3) is 7.96. The molecule has 1 aliphatic rings. The Labute approximate surface area is 156 Å². The van der Waals surface area contributed by atoms with Gasteiger partial charge in [0.1, 0.15) is 6.20 Å². The molecule has 3 unspecified atom stereocenters. The van der Waals surface area contributed by atoms with E-state index in [0.29, 0.717) is 4.48 Å². The van der Waals surface area contributed by atoms with Gasteiger partial charge in [0, 0.05) is 13.3 Å². The second-order valence-electron chi connectivity index (χ2n) is 7.62. The first-order valence-electron chi connectivity index (χ1n) is 10.8. The second-order valence-corrected chi connectivity index (χ2v) is 7.62. The van der Waals surface area contributed by atoms with Gasteiger partial charge in [0.05, 0.1) is 12.7 Å². The van der Waals surface area contributed by atoms with E-state index < -0.39 is 0 Å². The Kier molecular flexibility index (Phi) is 11.9. The van der Waals surface area contributed by atoms with Crippen molar-refractivity contribution in [3.8, 4) is 0 Å². The number of hydrogen-bond acceptors (Lipinski definition) is 2. The van der Waals surface area contributed by atoms with Gasteiger partial charge in [-0.05, 0) is 19.8 Å². The van der Waals surface area contributed by atoms with Crippen molar-refractivity contribution >= 4 is 0 Å². The van der Waals surface area contributed by atoms with Crippen LogP contribution in [0.5, 0.6) is 0 Å². The first-order chi connectivity index (χ1) is 12.2. The number of allylic oxidation sites excluding steroid dienone is 1. The van der Waals surface area contributed by atoms with Crippen LogP contribution in [0.15, 0.2) is 24.6 Å². The summed E-state index contributed by atoms with van der Waals surface area (Å²) < 4.78 is 0.628. The van der Waals surface area contributed by atoms with E-state index >= 15 is 0 Å². The molecule has 0 amide bonds. The molecule has 0 saturated carbocycles. The molecule has 25 heavy (non-hydrogen) atoms. The maximum absolute atomic E-state index is 10.1. The summed E-state index contributed by atoms with van der Waals surface area (Å²) in [4.78, 5) is 0. The summed E-state index contributed by atoms with van der Waals surface area (Å²) in [7, 11) is 0. The van der Waals surface area contributed by atoms with Gasteiger partial charge in [0.25, 0.3) is 0 Å². The summed E-state index contributed by atoms with van der Waals surface area (Å²) in [5.41, 5.74) is 0. The Morgan fingerprint density at radius 1 is 0.960 bits per heavy atom. The molecule has 0 radical (unpaired) electrons. The van der Waals surface area contributed by atoms with Crippen LogP contribution in [0.25, 0.3) is 0 Å². The minimum atomic E-state index is -0.364. The fourth-order valence-electron chi connectivity index (χ4n) is 3.87. The van der Waals surface area contributed by atoms with Crippen molar-refractivity contribution in [3.05, 3.63) is 24.6 Å². The SMILES string of the molecule is CCCCCCCCCCCC/C=C/CC1NC=C[N+]1(CC)C(C)O. The van der Waals surface area contributed by atoms with Gasteiger partial charge >= 0.3 is 0 Å². The van der Waals surface area contributed by atoms with E-state index in [-0.39, 0.29) is 12.4 Å². The van der Waals surface area contributed by atoms with Crippen molar-refractivity contribution in [1.29, 1.82) is 0 Å². The van der Waals surface area contributed by atoms with E-state index in [1.54, 1.807) is 0 Å². The van der Waals surface area contributed by atoms with Crippen molar-refractivity contribution in [1.82, 2.24) is 5.32 Å². The number of aliphatic hydroxyl groups excluding tert-OH is 1. The van der Waals surface area contributed by atoms with Crippen molar-refractivity contribution in [3.63, 3.8) is 0 Å². The maximum atomic E-state index is 10.1. The highest BCUT2D eigenvalue weighted by molar-refractivity contribution is 4.91. The molecule has 3 nitrogen and oxygen atoms in total. The number of hydrogen-bond donors (Lipinski definition) is 2.